The van der Waals surface area contributed by atoms with Gasteiger partial charge in [-0.15, -0.1) is 0 Å². The molecule has 0 radical (unpaired) electrons. The summed E-state index contributed by atoms with van der Waals surface area (Å²) in [5.41, 5.74) is 0. The molecule has 0 aliphatic carbocycles. The Balaban J connectivity index is 2.72. The van der Waals surface area contributed by atoms with Crippen LogP contribution < -0.4 is 0 Å². The Kier molecular flexibility index (Phi) is 1.35. The molecule has 4 heteroatoms. The zero-order chi connectivity index (χ0) is 5.28. The molecule has 38 valence electrons. The van der Waals surface area contributed by atoms with Crippen molar-refractivity contribution in [2.45, 2.75) is 0 Å². The lowest BCUT2D eigenvalue weighted by Gasteiger charge is -1.73. The summed E-state index contributed by atoms with van der Waals surface area (Å²) in [6.45, 7) is 0. The highest BCUT2D eigenvalue weighted by molar-refractivity contribution is 7.99. The number of hydrogen-bond donors (Lipinski definition) is 0. The lowest BCUT2D eigenvalue weighted by molar-refractivity contribution is -0.110. The van der Waals surface area contributed by atoms with Crippen LogP contribution in [0, 0.1) is 0 Å². The smallest absolute Gasteiger partial charge is 0.205 e. The summed E-state index contributed by atoms with van der Waals surface area (Å²) in [5, 5.41) is 0.130. The second kappa shape index (κ2) is 1.84. The van der Waals surface area contributed by atoms with Crippen molar-refractivity contribution < 1.29 is 4.79 Å². The highest BCUT2D eigenvalue weighted by Gasteiger charge is 2.14. The van der Waals surface area contributed by atoms with Gasteiger partial charge in [0.05, 0.1) is 5.75 Å². The molecule has 0 saturated heterocycles. The summed E-state index contributed by atoms with van der Waals surface area (Å²) >= 11 is 6.44. The molecule has 1 rings (SSSR count). The quantitative estimate of drug-likeness (QED) is 0.461. The van der Waals surface area contributed by atoms with E-state index in [1.807, 2.05) is 0 Å². The average molecular weight is 136 g/mol. The van der Waals surface area contributed by atoms with E-state index in [9.17, 15) is 4.79 Å². The van der Waals surface area contributed by atoms with E-state index in [2.05, 4.69) is 4.40 Å². The third-order valence-corrected chi connectivity index (χ3v) is 1.67. The van der Waals surface area contributed by atoms with Crippen molar-refractivity contribution in [2.75, 3.05) is 5.75 Å². The number of carbonyl (C=O) groups is 1. The molecule has 1 aliphatic heterocycles. The van der Waals surface area contributed by atoms with Gasteiger partial charge in [0.2, 0.25) is 5.78 Å². The standard InChI is InChI=1S/C3H2ClNOS/c4-3-2(6)1-7-5-3/h1H2. The molecule has 0 amide bonds. The first-order chi connectivity index (χ1) is 3.30. The Bertz CT molecular complexity index is 133. The number of ketones is 1. The highest BCUT2D eigenvalue weighted by Crippen LogP contribution is 2.13. The van der Waals surface area contributed by atoms with E-state index in [4.69, 9.17) is 11.6 Å². The molecule has 0 aromatic heterocycles. The van der Waals surface area contributed by atoms with Crippen molar-refractivity contribution in [3.05, 3.63) is 0 Å². The Labute approximate surface area is 50.1 Å². The van der Waals surface area contributed by atoms with Crippen LogP contribution in [-0.2, 0) is 4.79 Å². The molecule has 0 spiro atoms. The lowest BCUT2D eigenvalue weighted by atomic mass is 10.5. The van der Waals surface area contributed by atoms with Crippen molar-refractivity contribution in [1.82, 2.24) is 0 Å². The van der Waals surface area contributed by atoms with Crippen LogP contribution in [0.1, 0.15) is 0 Å². The lowest BCUT2D eigenvalue weighted by Crippen LogP contribution is -2.02. The Hall–Kier alpha value is -0.0200. The van der Waals surface area contributed by atoms with Crippen LogP contribution in [0.15, 0.2) is 4.40 Å². The van der Waals surface area contributed by atoms with Gasteiger partial charge >= 0.3 is 0 Å². The molecule has 0 aromatic rings. The van der Waals surface area contributed by atoms with Gasteiger partial charge in [0.1, 0.15) is 0 Å². The number of hydrogen-bond acceptors (Lipinski definition) is 3. The van der Waals surface area contributed by atoms with Crippen LogP contribution in [0.5, 0.6) is 0 Å². The molecule has 0 aromatic carbocycles. The number of halogens is 1. The molecular formula is C3H2ClNOS. The minimum Gasteiger partial charge on any atom is -0.290 e. The van der Waals surface area contributed by atoms with Crippen LogP contribution in [0.3, 0.4) is 0 Å². The van der Waals surface area contributed by atoms with Gasteiger partial charge < -0.3 is 0 Å². The van der Waals surface area contributed by atoms with E-state index in [1.165, 1.54) is 11.9 Å². The van der Waals surface area contributed by atoms with Gasteiger partial charge in [-0.05, 0) is 11.9 Å². The van der Waals surface area contributed by atoms with Gasteiger partial charge in [0.15, 0.2) is 5.17 Å². The number of Topliss-reactive ketones (excluding diaryl/α,β-unsaturated/α-hetero) is 1. The molecule has 0 atom stereocenters. The Morgan fingerprint density at radius 2 is 2.57 bits per heavy atom. The van der Waals surface area contributed by atoms with Crippen molar-refractivity contribution in [1.29, 1.82) is 0 Å². The summed E-state index contributed by atoms with van der Waals surface area (Å²) < 4.78 is 3.57. The van der Waals surface area contributed by atoms with Gasteiger partial charge in [-0.2, -0.15) is 0 Å². The summed E-state index contributed by atoms with van der Waals surface area (Å²) in [5.74, 6) is 0.352. The van der Waals surface area contributed by atoms with E-state index in [1.54, 1.807) is 0 Å². The minimum atomic E-state index is -0.0633. The van der Waals surface area contributed by atoms with E-state index >= 15 is 0 Å². The monoisotopic (exact) mass is 135 g/mol. The molecular weight excluding hydrogens is 134 g/mol. The predicted octanol–water partition coefficient (Wildman–Crippen LogP) is 0.855. The zero-order valence-electron chi connectivity index (χ0n) is 3.35. The van der Waals surface area contributed by atoms with Crippen LogP contribution in [0.4, 0.5) is 0 Å². The zero-order valence-corrected chi connectivity index (χ0v) is 4.92. The maximum absolute atomic E-state index is 10.3. The first kappa shape index (κ1) is 5.12. The second-order valence-corrected chi connectivity index (χ2v) is 2.17. The van der Waals surface area contributed by atoms with Gasteiger partial charge in [-0.25, -0.2) is 4.40 Å². The molecule has 7 heavy (non-hydrogen) atoms. The van der Waals surface area contributed by atoms with E-state index in [0.29, 0.717) is 5.75 Å². The third kappa shape index (κ3) is 0.951. The summed E-state index contributed by atoms with van der Waals surface area (Å²) in [6, 6.07) is 0. The average Bonchev–Trinajstić information content (AvgIpc) is 1.91. The fourth-order valence-electron chi connectivity index (χ4n) is 0.258. The maximum Gasteiger partial charge on any atom is 0.205 e. The van der Waals surface area contributed by atoms with Gasteiger partial charge in [-0.3, -0.25) is 4.79 Å². The Morgan fingerprint density at radius 3 is 2.71 bits per heavy atom. The van der Waals surface area contributed by atoms with Crippen LogP contribution >= 0.6 is 23.5 Å². The minimum absolute atomic E-state index is 0.0633. The SMILES string of the molecule is O=C1CSN=C1Cl. The molecule has 0 N–H and O–H groups in total. The van der Waals surface area contributed by atoms with E-state index in [0.717, 1.165) is 0 Å². The normalized spacial score (nSPS) is 20.1. The summed E-state index contributed by atoms with van der Waals surface area (Å²) in [6.07, 6.45) is 0. The summed E-state index contributed by atoms with van der Waals surface area (Å²) in [7, 11) is 0. The number of nitrogens with zero attached hydrogens (tertiary/aromatic N) is 1. The summed E-state index contributed by atoms with van der Waals surface area (Å²) in [4.78, 5) is 10.3. The highest BCUT2D eigenvalue weighted by atomic mass is 35.5. The van der Waals surface area contributed by atoms with Gasteiger partial charge in [-0.1, -0.05) is 11.6 Å². The molecule has 1 aliphatic rings. The third-order valence-electron chi connectivity index (χ3n) is 0.570. The predicted molar refractivity (Wildman–Crippen MR) is 30.8 cm³/mol. The first-order valence-corrected chi connectivity index (χ1v) is 3.01. The van der Waals surface area contributed by atoms with E-state index in [-0.39, 0.29) is 11.0 Å². The maximum atomic E-state index is 10.3. The van der Waals surface area contributed by atoms with Crippen molar-refractivity contribution in [2.24, 2.45) is 4.40 Å². The van der Waals surface area contributed by atoms with Crippen LogP contribution in [0.2, 0.25) is 0 Å². The fraction of sp³-hybridized carbons (Fsp3) is 0.333. The molecule has 0 bridgehead atoms. The van der Waals surface area contributed by atoms with Crippen LogP contribution in [0.25, 0.3) is 0 Å². The molecule has 2 nitrogen and oxygen atoms in total. The largest absolute Gasteiger partial charge is 0.290 e. The molecule has 0 fully saturated rings. The fourth-order valence-corrected chi connectivity index (χ4v) is 1.08. The topological polar surface area (TPSA) is 29.4 Å². The van der Waals surface area contributed by atoms with Crippen molar-refractivity contribution in [3.63, 3.8) is 0 Å². The number of carbonyl (C=O) groups excluding carboxylic acids is 1. The van der Waals surface area contributed by atoms with Gasteiger partial charge in [0.25, 0.3) is 0 Å². The van der Waals surface area contributed by atoms with Gasteiger partial charge in [0, 0.05) is 0 Å². The molecule has 1 heterocycles. The molecule has 0 unspecified atom stereocenters. The van der Waals surface area contributed by atoms with Crippen molar-refractivity contribution >= 4 is 34.5 Å². The Morgan fingerprint density at radius 1 is 1.86 bits per heavy atom. The second-order valence-electron chi connectivity index (χ2n) is 1.08. The van der Waals surface area contributed by atoms with E-state index < -0.39 is 0 Å². The molecule has 0 saturated carbocycles. The number of rotatable bonds is 0. The first-order valence-electron chi connectivity index (χ1n) is 1.69. The van der Waals surface area contributed by atoms with Crippen molar-refractivity contribution in [3.8, 4) is 0 Å². The van der Waals surface area contributed by atoms with Crippen LogP contribution in [-0.4, -0.2) is 16.7 Å².